The number of hydrogen-bond donors (Lipinski definition) is 1. The second kappa shape index (κ2) is 4.68. The summed E-state index contributed by atoms with van der Waals surface area (Å²) in [5.74, 6) is -0.381. The summed E-state index contributed by atoms with van der Waals surface area (Å²) >= 11 is 0. The molecule has 1 amide bonds. The number of nitrogens with zero attached hydrogens (tertiary/aromatic N) is 2. The minimum absolute atomic E-state index is 0.0677. The van der Waals surface area contributed by atoms with Crippen LogP contribution in [-0.2, 0) is 0 Å². The van der Waals surface area contributed by atoms with Gasteiger partial charge in [-0.15, -0.1) is 0 Å². The van der Waals surface area contributed by atoms with E-state index in [9.17, 15) is 13.6 Å². The van der Waals surface area contributed by atoms with Crippen LogP contribution in [-0.4, -0.2) is 35.8 Å². The van der Waals surface area contributed by atoms with Gasteiger partial charge in [0, 0.05) is 7.05 Å². The third-order valence-corrected chi connectivity index (χ3v) is 1.75. The number of pyridine rings is 1. The standard InChI is InChI=1S/C9H11F2N3O/c1-14(5-7(10)11)9(15)6-3-2-4-8(12)13-6/h2-4,7H,5H2,1H3,(H2,12,13). The van der Waals surface area contributed by atoms with Crippen molar-refractivity contribution in [3.63, 3.8) is 0 Å². The molecule has 0 aliphatic carbocycles. The normalized spacial score (nSPS) is 10.4. The fourth-order valence-corrected chi connectivity index (χ4v) is 1.06. The highest BCUT2D eigenvalue weighted by Crippen LogP contribution is 2.05. The third-order valence-electron chi connectivity index (χ3n) is 1.75. The summed E-state index contributed by atoms with van der Waals surface area (Å²) in [5.41, 5.74) is 5.44. The predicted octanol–water partition coefficient (Wildman–Crippen LogP) is 1.00. The van der Waals surface area contributed by atoms with Crippen molar-refractivity contribution >= 4 is 11.7 Å². The van der Waals surface area contributed by atoms with Gasteiger partial charge in [0.2, 0.25) is 0 Å². The molecule has 0 spiro atoms. The number of aromatic nitrogens is 1. The summed E-state index contributed by atoms with van der Waals surface area (Å²) in [6.07, 6.45) is -2.56. The largest absolute Gasteiger partial charge is 0.384 e. The number of halogens is 2. The molecule has 0 aromatic carbocycles. The van der Waals surface area contributed by atoms with Crippen molar-refractivity contribution < 1.29 is 13.6 Å². The number of alkyl halides is 2. The van der Waals surface area contributed by atoms with Crippen molar-refractivity contribution in [2.75, 3.05) is 19.3 Å². The summed E-state index contributed by atoms with van der Waals surface area (Å²) in [6, 6.07) is 4.50. The van der Waals surface area contributed by atoms with Crippen LogP contribution in [0.4, 0.5) is 14.6 Å². The van der Waals surface area contributed by atoms with Gasteiger partial charge in [-0.1, -0.05) is 6.07 Å². The number of nitrogens with two attached hydrogens (primary N) is 1. The van der Waals surface area contributed by atoms with Crippen LogP contribution < -0.4 is 5.73 Å². The molecule has 0 bridgehead atoms. The first-order chi connectivity index (χ1) is 7.00. The van der Waals surface area contributed by atoms with E-state index in [2.05, 4.69) is 4.98 Å². The van der Waals surface area contributed by atoms with E-state index in [1.54, 1.807) is 6.07 Å². The summed E-state index contributed by atoms with van der Waals surface area (Å²) in [4.78, 5) is 16.2. The molecule has 2 N–H and O–H groups in total. The fraction of sp³-hybridized carbons (Fsp3) is 0.333. The molecule has 0 radical (unpaired) electrons. The van der Waals surface area contributed by atoms with E-state index in [0.717, 1.165) is 4.90 Å². The maximum atomic E-state index is 12.0. The quantitative estimate of drug-likeness (QED) is 0.818. The van der Waals surface area contributed by atoms with E-state index < -0.39 is 18.9 Å². The Morgan fingerprint density at radius 2 is 2.27 bits per heavy atom. The number of amides is 1. The molecule has 1 aromatic heterocycles. The van der Waals surface area contributed by atoms with E-state index in [1.807, 2.05) is 0 Å². The zero-order chi connectivity index (χ0) is 11.4. The van der Waals surface area contributed by atoms with Crippen molar-refractivity contribution in [2.45, 2.75) is 6.43 Å². The molecule has 0 fully saturated rings. The number of anilines is 1. The number of hydrogen-bond acceptors (Lipinski definition) is 3. The Morgan fingerprint density at radius 3 is 2.80 bits per heavy atom. The van der Waals surface area contributed by atoms with Crippen LogP contribution in [0.2, 0.25) is 0 Å². The molecule has 82 valence electrons. The first kappa shape index (κ1) is 11.4. The maximum Gasteiger partial charge on any atom is 0.272 e. The molecule has 0 saturated carbocycles. The van der Waals surface area contributed by atoms with Crippen LogP contribution in [0.25, 0.3) is 0 Å². The number of nitrogen functional groups attached to an aromatic ring is 1. The highest BCUT2D eigenvalue weighted by molar-refractivity contribution is 5.92. The number of rotatable bonds is 3. The van der Waals surface area contributed by atoms with Gasteiger partial charge in [0.1, 0.15) is 11.5 Å². The van der Waals surface area contributed by atoms with Gasteiger partial charge in [-0.25, -0.2) is 13.8 Å². The summed E-state index contributed by atoms with van der Waals surface area (Å²) < 4.78 is 24.0. The molecule has 1 rings (SSSR count). The van der Waals surface area contributed by atoms with Gasteiger partial charge in [-0.3, -0.25) is 4.79 Å². The smallest absolute Gasteiger partial charge is 0.272 e. The van der Waals surface area contributed by atoms with E-state index in [0.29, 0.717) is 0 Å². The highest BCUT2D eigenvalue weighted by Gasteiger charge is 2.16. The van der Waals surface area contributed by atoms with Crippen LogP contribution >= 0.6 is 0 Å². The number of carbonyl (C=O) groups excluding carboxylic acids is 1. The second-order valence-electron chi connectivity index (χ2n) is 3.02. The molecule has 0 aliphatic rings. The Hall–Kier alpha value is -1.72. The molecule has 0 aliphatic heterocycles. The molecular formula is C9H11F2N3O. The van der Waals surface area contributed by atoms with Gasteiger partial charge in [0.15, 0.2) is 0 Å². The first-order valence-electron chi connectivity index (χ1n) is 4.27. The zero-order valence-electron chi connectivity index (χ0n) is 8.15. The first-order valence-corrected chi connectivity index (χ1v) is 4.27. The van der Waals surface area contributed by atoms with Crippen molar-refractivity contribution in [3.05, 3.63) is 23.9 Å². The Morgan fingerprint density at radius 1 is 1.60 bits per heavy atom. The van der Waals surface area contributed by atoms with E-state index in [-0.39, 0.29) is 11.5 Å². The minimum Gasteiger partial charge on any atom is -0.384 e. The summed E-state index contributed by atoms with van der Waals surface area (Å²) in [5, 5.41) is 0. The highest BCUT2D eigenvalue weighted by atomic mass is 19.3. The lowest BCUT2D eigenvalue weighted by molar-refractivity contribution is 0.0615. The van der Waals surface area contributed by atoms with E-state index in [4.69, 9.17) is 5.73 Å². The topological polar surface area (TPSA) is 59.2 Å². The Labute approximate surface area is 85.7 Å². The van der Waals surface area contributed by atoms with Crippen molar-refractivity contribution in [1.82, 2.24) is 9.88 Å². The van der Waals surface area contributed by atoms with Crippen LogP contribution in [0.5, 0.6) is 0 Å². The maximum absolute atomic E-state index is 12.0. The van der Waals surface area contributed by atoms with Crippen LogP contribution in [0.1, 0.15) is 10.5 Å². The van der Waals surface area contributed by atoms with Crippen LogP contribution in [0, 0.1) is 0 Å². The summed E-state index contributed by atoms with van der Waals surface area (Å²) in [6.45, 7) is -0.616. The average Bonchev–Trinajstić information content (AvgIpc) is 2.15. The molecule has 1 aromatic rings. The zero-order valence-corrected chi connectivity index (χ0v) is 8.15. The number of carbonyl (C=O) groups is 1. The predicted molar refractivity (Wildman–Crippen MR) is 51.6 cm³/mol. The van der Waals surface area contributed by atoms with Crippen molar-refractivity contribution in [3.8, 4) is 0 Å². The SMILES string of the molecule is CN(CC(F)F)C(=O)c1cccc(N)n1. The van der Waals surface area contributed by atoms with Gasteiger partial charge in [0.05, 0.1) is 6.54 Å². The Balaban J connectivity index is 2.76. The lowest BCUT2D eigenvalue weighted by atomic mass is 10.3. The fourth-order valence-electron chi connectivity index (χ4n) is 1.06. The minimum atomic E-state index is -2.56. The Kier molecular flexibility index (Phi) is 3.54. The van der Waals surface area contributed by atoms with Gasteiger partial charge in [-0.2, -0.15) is 0 Å². The Bertz CT molecular complexity index is 357. The van der Waals surface area contributed by atoms with Crippen LogP contribution in [0.15, 0.2) is 18.2 Å². The van der Waals surface area contributed by atoms with Crippen molar-refractivity contribution in [1.29, 1.82) is 0 Å². The average molecular weight is 215 g/mol. The molecule has 0 unspecified atom stereocenters. The third kappa shape index (κ3) is 3.16. The van der Waals surface area contributed by atoms with Crippen molar-refractivity contribution in [2.24, 2.45) is 0 Å². The monoisotopic (exact) mass is 215 g/mol. The lowest BCUT2D eigenvalue weighted by Gasteiger charge is -2.15. The van der Waals surface area contributed by atoms with Gasteiger partial charge >= 0.3 is 0 Å². The molecule has 15 heavy (non-hydrogen) atoms. The van der Waals surface area contributed by atoms with E-state index in [1.165, 1.54) is 19.2 Å². The van der Waals surface area contributed by atoms with Gasteiger partial charge in [0.25, 0.3) is 12.3 Å². The van der Waals surface area contributed by atoms with Crippen LogP contribution in [0.3, 0.4) is 0 Å². The molecule has 6 heteroatoms. The molecular weight excluding hydrogens is 204 g/mol. The molecule has 0 atom stereocenters. The van der Waals surface area contributed by atoms with Gasteiger partial charge in [-0.05, 0) is 12.1 Å². The lowest BCUT2D eigenvalue weighted by Crippen LogP contribution is -2.31. The van der Waals surface area contributed by atoms with E-state index >= 15 is 0 Å². The molecule has 4 nitrogen and oxygen atoms in total. The summed E-state index contributed by atoms with van der Waals surface area (Å²) in [7, 11) is 1.29. The van der Waals surface area contributed by atoms with Gasteiger partial charge < -0.3 is 10.6 Å². The molecule has 1 heterocycles. The molecule has 0 saturated heterocycles. The second-order valence-corrected chi connectivity index (χ2v) is 3.02.